The summed E-state index contributed by atoms with van der Waals surface area (Å²) in [4.78, 5) is 28.5. The maximum Gasteiger partial charge on any atom is 0.326 e. The second-order valence-corrected chi connectivity index (χ2v) is 4.92. The van der Waals surface area contributed by atoms with Gasteiger partial charge in [0.05, 0.1) is 18.0 Å². The predicted molar refractivity (Wildman–Crippen MR) is 84.5 cm³/mol. The SMILES string of the molecule is CCCCOC(=O)Cn1c(-c2ccccn2)ccc(C#N)c1=O. The van der Waals surface area contributed by atoms with Crippen LogP contribution in [0.1, 0.15) is 25.3 Å². The highest BCUT2D eigenvalue weighted by Gasteiger charge is 2.14. The van der Waals surface area contributed by atoms with Gasteiger partial charge in [0, 0.05) is 6.20 Å². The Balaban J connectivity index is 2.37. The van der Waals surface area contributed by atoms with Gasteiger partial charge >= 0.3 is 5.97 Å². The average molecular weight is 311 g/mol. The molecule has 0 atom stereocenters. The van der Waals surface area contributed by atoms with Crippen LogP contribution < -0.4 is 5.56 Å². The van der Waals surface area contributed by atoms with E-state index in [1.54, 1.807) is 30.5 Å². The third-order valence-electron chi connectivity index (χ3n) is 3.27. The van der Waals surface area contributed by atoms with Crippen molar-refractivity contribution >= 4 is 5.97 Å². The van der Waals surface area contributed by atoms with Gasteiger partial charge in [0.15, 0.2) is 0 Å². The maximum absolute atomic E-state index is 12.4. The quantitative estimate of drug-likeness (QED) is 0.602. The fraction of sp³-hybridized carbons (Fsp3) is 0.294. The smallest absolute Gasteiger partial charge is 0.326 e. The van der Waals surface area contributed by atoms with E-state index in [9.17, 15) is 9.59 Å². The van der Waals surface area contributed by atoms with Crippen molar-refractivity contribution in [1.82, 2.24) is 9.55 Å². The van der Waals surface area contributed by atoms with Gasteiger partial charge in [-0.3, -0.25) is 19.1 Å². The number of ether oxygens (including phenoxy) is 1. The lowest BCUT2D eigenvalue weighted by Gasteiger charge is -2.12. The normalized spacial score (nSPS) is 10.1. The molecule has 0 aliphatic carbocycles. The van der Waals surface area contributed by atoms with Gasteiger partial charge in [-0.15, -0.1) is 0 Å². The van der Waals surface area contributed by atoms with E-state index in [4.69, 9.17) is 10.00 Å². The molecule has 2 aromatic heterocycles. The number of esters is 1. The van der Waals surface area contributed by atoms with Gasteiger partial charge in [0.25, 0.3) is 5.56 Å². The predicted octanol–water partition coefficient (Wildman–Crippen LogP) is 2.13. The molecule has 6 nitrogen and oxygen atoms in total. The van der Waals surface area contributed by atoms with Gasteiger partial charge in [0.1, 0.15) is 18.2 Å². The molecule has 0 fully saturated rings. The molecule has 6 heteroatoms. The van der Waals surface area contributed by atoms with Gasteiger partial charge in [0.2, 0.25) is 0 Å². The Bertz CT molecular complexity index is 776. The number of pyridine rings is 2. The zero-order chi connectivity index (χ0) is 16.7. The van der Waals surface area contributed by atoms with E-state index < -0.39 is 11.5 Å². The summed E-state index contributed by atoms with van der Waals surface area (Å²) in [6.07, 6.45) is 3.28. The number of carbonyl (C=O) groups excluding carboxylic acids is 1. The number of aromatic nitrogens is 2. The van der Waals surface area contributed by atoms with E-state index in [0.717, 1.165) is 12.8 Å². The molecule has 0 saturated carbocycles. The number of carbonyl (C=O) groups is 1. The number of hydrogen-bond donors (Lipinski definition) is 0. The third-order valence-corrected chi connectivity index (χ3v) is 3.27. The summed E-state index contributed by atoms with van der Waals surface area (Å²) >= 11 is 0. The molecule has 2 rings (SSSR count). The summed E-state index contributed by atoms with van der Waals surface area (Å²) in [6.45, 7) is 2.07. The van der Waals surface area contributed by atoms with E-state index >= 15 is 0 Å². The van der Waals surface area contributed by atoms with Crippen molar-refractivity contribution in [3.8, 4) is 17.5 Å². The van der Waals surface area contributed by atoms with Gasteiger partial charge in [-0.2, -0.15) is 5.26 Å². The molecule has 118 valence electrons. The minimum atomic E-state index is -0.525. The van der Waals surface area contributed by atoms with E-state index in [-0.39, 0.29) is 12.1 Å². The highest BCUT2D eigenvalue weighted by atomic mass is 16.5. The van der Waals surface area contributed by atoms with Gasteiger partial charge < -0.3 is 4.74 Å². The third kappa shape index (κ3) is 4.04. The fourth-order valence-corrected chi connectivity index (χ4v) is 2.06. The van der Waals surface area contributed by atoms with Crippen molar-refractivity contribution in [2.24, 2.45) is 0 Å². The average Bonchev–Trinajstić information content (AvgIpc) is 2.57. The molecule has 0 saturated heterocycles. The second-order valence-electron chi connectivity index (χ2n) is 4.92. The second kappa shape index (κ2) is 7.90. The van der Waals surface area contributed by atoms with Crippen molar-refractivity contribution in [1.29, 1.82) is 5.26 Å². The fourth-order valence-electron chi connectivity index (χ4n) is 2.06. The number of nitriles is 1. The number of rotatable bonds is 6. The first-order valence-electron chi connectivity index (χ1n) is 7.38. The topological polar surface area (TPSA) is 85.0 Å². The summed E-state index contributed by atoms with van der Waals surface area (Å²) in [5, 5.41) is 9.02. The van der Waals surface area contributed by atoms with Crippen LogP contribution in [0.2, 0.25) is 0 Å². The summed E-state index contributed by atoms with van der Waals surface area (Å²) in [5.41, 5.74) is 0.478. The molecule has 0 spiro atoms. The number of hydrogen-bond acceptors (Lipinski definition) is 5. The standard InChI is InChI=1S/C17H17N3O3/c1-2-3-10-23-16(21)12-20-15(14-6-4-5-9-19-14)8-7-13(11-18)17(20)22/h4-9H,2-3,10,12H2,1H3. The van der Waals surface area contributed by atoms with Crippen LogP contribution >= 0.6 is 0 Å². The zero-order valence-corrected chi connectivity index (χ0v) is 12.9. The molecule has 0 bridgehead atoms. The van der Waals surface area contributed by atoms with Crippen LogP contribution in [0.5, 0.6) is 0 Å². The highest BCUT2D eigenvalue weighted by Crippen LogP contribution is 2.15. The van der Waals surface area contributed by atoms with Gasteiger partial charge in [-0.25, -0.2) is 0 Å². The Hall–Kier alpha value is -2.94. The molecule has 0 aromatic carbocycles. The first kappa shape index (κ1) is 16.4. The molecule has 0 N–H and O–H groups in total. The summed E-state index contributed by atoms with van der Waals surface area (Å²) < 4.78 is 6.34. The van der Waals surface area contributed by atoms with Crippen LogP contribution in [0.3, 0.4) is 0 Å². The Morgan fingerprint density at radius 3 is 2.83 bits per heavy atom. The minimum absolute atomic E-state index is 0.0222. The highest BCUT2D eigenvalue weighted by molar-refractivity contribution is 5.70. The number of unbranched alkanes of at least 4 members (excludes halogenated alkanes) is 1. The first-order valence-corrected chi connectivity index (χ1v) is 7.38. The lowest BCUT2D eigenvalue weighted by Crippen LogP contribution is -2.28. The van der Waals surface area contributed by atoms with Crippen LogP contribution in [0.4, 0.5) is 0 Å². The first-order chi connectivity index (χ1) is 11.2. The maximum atomic E-state index is 12.4. The van der Waals surface area contributed by atoms with E-state index in [1.807, 2.05) is 13.0 Å². The Kier molecular flexibility index (Phi) is 5.64. The molecule has 0 amide bonds. The number of nitrogens with zero attached hydrogens (tertiary/aromatic N) is 3. The summed E-state index contributed by atoms with van der Waals surface area (Å²) in [5.74, 6) is -0.507. The molecule has 0 unspecified atom stereocenters. The molecule has 0 aliphatic heterocycles. The van der Waals surface area contributed by atoms with Gasteiger partial charge in [-0.05, 0) is 30.7 Å². The van der Waals surface area contributed by atoms with Crippen molar-refractivity contribution < 1.29 is 9.53 Å². The van der Waals surface area contributed by atoms with Crippen LogP contribution in [-0.2, 0) is 16.1 Å². The molecule has 0 aliphatic rings. The van der Waals surface area contributed by atoms with Crippen LogP contribution in [-0.4, -0.2) is 22.1 Å². The molecular formula is C17H17N3O3. The Labute approximate surface area is 134 Å². The molecule has 23 heavy (non-hydrogen) atoms. The van der Waals surface area contributed by atoms with Crippen LogP contribution in [0.25, 0.3) is 11.4 Å². The van der Waals surface area contributed by atoms with Gasteiger partial charge in [-0.1, -0.05) is 19.4 Å². The lowest BCUT2D eigenvalue weighted by atomic mass is 10.2. The molecule has 0 radical (unpaired) electrons. The monoisotopic (exact) mass is 311 g/mol. The Morgan fingerprint density at radius 1 is 1.35 bits per heavy atom. The van der Waals surface area contributed by atoms with Crippen LogP contribution in [0, 0.1) is 11.3 Å². The van der Waals surface area contributed by atoms with Crippen LogP contribution in [0.15, 0.2) is 41.3 Å². The van der Waals surface area contributed by atoms with E-state index in [1.165, 1.54) is 10.6 Å². The minimum Gasteiger partial charge on any atom is -0.464 e. The molecular weight excluding hydrogens is 294 g/mol. The lowest BCUT2D eigenvalue weighted by molar-refractivity contribution is -0.144. The van der Waals surface area contributed by atoms with Crippen molar-refractivity contribution in [3.05, 3.63) is 52.4 Å². The molecule has 2 aromatic rings. The van der Waals surface area contributed by atoms with E-state index in [2.05, 4.69) is 4.98 Å². The summed E-state index contributed by atoms with van der Waals surface area (Å²) in [7, 11) is 0. The van der Waals surface area contributed by atoms with Crippen molar-refractivity contribution in [2.45, 2.75) is 26.3 Å². The largest absolute Gasteiger partial charge is 0.464 e. The summed E-state index contributed by atoms with van der Waals surface area (Å²) in [6, 6.07) is 10.2. The Morgan fingerprint density at radius 2 is 2.17 bits per heavy atom. The molecule has 2 heterocycles. The zero-order valence-electron chi connectivity index (χ0n) is 12.9. The van der Waals surface area contributed by atoms with E-state index in [0.29, 0.717) is 18.0 Å². The van der Waals surface area contributed by atoms with Crippen molar-refractivity contribution in [3.63, 3.8) is 0 Å². The van der Waals surface area contributed by atoms with Crippen molar-refractivity contribution in [2.75, 3.05) is 6.61 Å².